The number of amides is 1. The molecular formula is C24H31N3O3S. The molecule has 0 aromatic heterocycles. The van der Waals surface area contributed by atoms with Crippen molar-refractivity contribution < 1.29 is 13.2 Å². The molecule has 2 heterocycles. The number of para-hydroxylation sites is 1. The van der Waals surface area contributed by atoms with Crippen molar-refractivity contribution in [2.75, 3.05) is 44.2 Å². The maximum atomic E-state index is 13.1. The van der Waals surface area contributed by atoms with Crippen LogP contribution in [0.4, 0.5) is 5.69 Å². The molecule has 1 amide bonds. The molecule has 0 bridgehead atoms. The van der Waals surface area contributed by atoms with Crippen LogP contribution in [-0.2, 0) is 10.0 Å². The molecule has 2 aromatic rings. The number of anilines is 1. The molecule has 4 rings (SSSR count). The van der Waals surface area contributed by atoms with Gasteiger partial charge >= 0.3 is 0 Å². The molecule has 0 N–H and O–H groups in total. The van der Waals surface area contributed by atoms with Crippen LogP contribution in [0.5, 0.6) is 0 Å². The molecule has 0 saturated carbocycles. The largest absolute Gasteiger partial charge is 0.368 e. The highest BCUT2D eigenvalue weighted by atomic mass is 32.2. The van der Waals surface area contributed by atoms with E-state index in [4.69, 9.17) is 0 Å². The Morgan fingerprint density at radius 2 is 1.42 bits per heavy atom. The Morgan fingerprint density at radius 3 is 2.00 bits per heavy atom. The lowest BCUT2D eigenvalue weighted by atomic mass is 9.94. The van der Waals surface area contributed by atoms with Crippen LogP contribution in [0, 0.1) is 11.8 Å². The molecule has 0 spiro atoms. The predicted octanol–water partition coefficient (Wildman–Crippen LogP) is 3.32. The Kier molecular flexibility index (Phi) is 6.34. The van der Waals surface area contributed by atoms with Gasteiger partial charge in [-0.25, -0.2) is 8.42 Å². The number of hydrogen-bond donors (Lipinski definition) is 0. The highest BCUT2D eigenvalue weighted by Gasteiger charge is 2.32. The van der Waals surface area contributed by atoms with Gasteiger partial charge in [0, 0.05) is 50.5 Å². The Morgan fingerprint density at radius 1 is 0.839 bits per heavy atom. The minimum Gasteiger partial charge on any atom is -0.368 e. The summed E-state index contributed by atoms with van der Waals surface area (Å²) in [6.45, 7) is 8.17. The Labute approximate surface area is 185 Å². The number of carbonyl (C=O) groups excluding carboxylic acids is 1. The third-order valence-corrected chi connectivity index (χ3v) is 8.11. The summed E-state index contributed by atoms with van der Waals surface area (Å²) in [5.74, 6) is 0.666. The van der Waals surface area contributed by atoms with Gasteiger partial charge in [0.2, 0.25) is 10.0 Å². The molecule has 2 aliphatic heterocycles. The minimum atomic E-state index is -3.53. The molecule has 6 nitrogen and oxygen atoms in total. The van der Waals surface area contributed by atoms with Crippen LogP contribution in [0.15, 0.2) is 59.5 Å². The summed E-state index contributed by atoms with van der Waals surface area (Å²) in [4.78, 5) is 17.3. The van der Waals surface area contributed by atoms with E-state index in [1.807, 2.05) is 23.1 Å². The second-order valence-corrected chi connectivity index (χ2v) is 10.8. The van der Waals surface area contributed by atoms with Gasteiger partial charge in [-0.05, 0) is 54.7 Å². The number of hydrogen-bond acceptors (Lipinski definition) is 4. The molecule has 2 aliphatic rings. The Balaban J connectivity index is 1.41. The van der Waals surface area contributed by atoms with Crippen molar-refractivity contribution in [1.29, 1.82) is 0 Å². The summed E-state index contributed by atoms with van der Waals surface area (Å²) in [5.41, 5.74) is 1.71. The summed E-state index contributed by atoms with van der Waals surface area (Å²) in [5, 5.41) is 0. The SMILES string of the molecule is C[C@@H]1C[C@H](C)CN(S(=O)(=O)c2ccc(C(=O)N3CCN(c4ccccc4)CC3)cc2)C1. The number of piperazine rings is 1. The second kappa shape index (κ2) is 9.01. The number of benzene rings is 2. The third-order valence-electron chi connectivity index (χ3n) is 6.26. The molecule has 31 heavy (non-hydrogen) atoms. The molecule has 2 saturated heterocycles. The molecule has 2 atom stereocenters. The molecule has 0 aliphatic carbocycles. The van der Waals surface area contributed by atoms with Crippen LogP contribution in [-0.4, -0.2) is 62.8 Å². The fourth-order valence-electron chi connectivity index (χ4n) is 4.71. The van der Waals surface area contributed by atoms with E-state index in [1.54, 1.807) is 28.6 Å². The Hall–Kier alpha value is -2.38. The van der Waals surface area contributed by atoms with Crippen molar-refractivity contribution >= 4 is 21.6 Å². The normalized spacial score (nSPS) is 23.0. The average Bonchev–Trinajstić information content (AvgIpc) is 2.79. The number of rotatable bonds is 4. The van der Waals surface area contributed by atoms with Gasteiger partial charge in [-0.15, -0.1) is 0 Å². The second-order valence-electron chi connectivity index (χ2n) is 8.91. The van der Waals surface area contributed by atoms with E-state index < -0.39 is 10.0 Å². The average molecular weight is 442 g/mol. The first-order valence-corrected chi connectivity index (χ1v) is 12.5. The van der Waals surface area contributed by atoms with Gasteiger partial charge < -0.3 is 9.80 Å². The van der Waals surface area contributed by atoms with Crippen molar-refractivity contribution in [2.24, 2.45) is 11.8 Å². The zero-order valence-corrected chi connectivity index (χ0v) is 19.1. The van der Waals surface area contributed by atoms with Crippen molar-refractivity contribution in [1.82, 2.24) is 9.21 Å². The monoisotopic (exact) mass is 441 g/mol. The molecule has 166 valence electrons. The fourth-order valence-corrected chi connectivity index (χ4v) is 6.39. The van der Waals surface area contributed by atoms with Crippen molar-refractivity contribution in [2.45, 2.75) is 25.2 Å². The van der Waals surface area contributed by atoms with Crippen LogP contribution in [0.25, 0.3) is 0 Å². The van der Waals surface area contributed by atoms with Crippen LogP contribution < -0.4 is 4.90 Å². The third kappa shape index (κ3) is 4.77. The van der Waals surface area contributed by atoms with Gasteiger partial charge in [0.1, 0.15) is 0 Å². The molecule has 0 radical (unpaired) electrons. The predicted molar refractivity (Wildman–Crippen MR) is 123 cm³/mol. The maximum absolute atomic E-state index is 13.1. The van der Waals surface area contributed by atoms with E-state index in [0.29, 0.717) is 43.6 Å². The molecule has 0 unspecified atom stereocenters. The topological polar surface area (TPSA) is 60.9 Å². The molecule has 2 aromatic carbocycles. The molecule has 7 heteroatoms. The van der Waals surface area contributed by atoms with Crippen molar-refractivity contribution in [3.05, 3.63) is 60.2 Å². The first kappa shape index (κ1) is 21.8. The summed E-state index contributed by atoms with van der Waals surface area (Å²) < 4.78 is 27.7. The highest BCUT2D eigenvalue weighted by Crippen LogP contribution is 2.27. The van der Waals surface area contributed by atoms with Gasteiger partial charge in [0.05, 0.1) is 4.90 Å². The minimum absolute atomic E-state index is 0.0446. The molecular weight excluding hydrogens is 410 g/mol. The van der Waals surface area contributed by atoms with E-state index in [2.05, 4.69) is 30.9 Å². The van der Waals surface area contributed by atoms with Crippen LogP contribution >= 0.6 is 0 Å². The van der Waals surface area contributed by atoms with Gasteiger partial charge in [-0.1, -0.05) is 32.0 Å². The van der Waals surface area contributed by atoms with Gasteiger partial charge in [0.15, 0.2) is 0 Å². The van der Waals surface area contributed by atoms with Crippen LogP contribution in [0.2, 0.25) is 0 Å². The van der Waals surface area contributed by atoms with E-state index in [1.165, 1.54) is 5.69 Å². The first-order chi connectivity index (χ1) is 14.8. The van der Waals surface area contributed by atoms with Gasteiger partial charge in [0.25, 0.3) is 5.91 Å². The lowest BCUT2D eigenvalue weighted by molar-refractivity contribution is 0.0746. The Bertz CT molecular complexity index is 990. The number of sulfonamides is 1. The number of nitrogens with zero attached hydrogens (tertiary/aromatic N) is 3. The fraction of sp³-hybridized carbons (Fsp3) is 0.458. The van der Waals surface area contributed by atoms with Crippen molar-refractivity contribution in [3.8, 4) is 0 Å². The van der Waals surface area contributed by atoms with Gasteiger partial charge in [-0.2, -0.15) is 4.31 Å². The standard InChI is InChI=1S/C24H31N3O3S/c1-19-16-20(2)18-27(17-19)31(29,30)23-10-8-21(9-11-23)24(28)26-14-12-25(13-15-26)22-6-4-3-5-7-22/h3-11,19-20H,12-18H2,1-2H3/t19-,20+. The van der Waals surface area contributed by atoms with Gasteiger partial charge in [-0.3, -0.25) is 4.79 Å². The summed E-state index contributed by atoms with van der Waals surface area (Å²) in [6.07, 6.45) is 1.05. The van der Waals surface area contributed by atoms with Crippen molar-refractivity contribution in [3.63, 3.8) is 0 Å². The zero-order chi connectivity index (χ0) is 22.0. The van der Waals surface area contributed by atoms with E-state index in [0.717, 1.165) is 19.5 Å². The number of carbonyl (C=O) groups is 1. The number of piperidine rings is 1. The zero-order valence-electron chi connectivity index (χ0n) is 18.3. The van der Waals surface area contributed by atoms with E-state index >= 15 is 0 Å². The lowest BCUT2D eigenvalue weighted by Gasteiger charge is -2.36. The quantitative estimate of drug-likeness (QED) is 0.730. The molecule has 2 fully saturated rings. The summed E-state index contributed by atoms with van der Waals surface area (Å²) in [7, 11) is -3.53. The smallest absolute Gasteiger partial charge is 0.253 e. The lowest BCUT2D eigenvalue weighted by Crippen LogP contribution is -2.48. The summed E-state index contributed by atoms with van der Waals surface area (Å²) >= 11 is 0. The van der Waals surface area contributed by atoms with Crippen LogP contribution in [0.3, 0.4) is 0 Å². The van der Waals surface area contributed by atoms with E-state index in [-0.39, 0.29) is 10.8 Å². The maximum Gasteiger partial charge on any atom is 0.253 e. The highest BCUT2D eigenvalue weighted by molar-refractivity contribution is 7.89. The van der Waals surface area contributed by atoms with E-state index in [9.17, 15) is 13.2 Å². The first-order valence-electron chi connectivity index (χ1n) is 11.0. The van der Waals surface area contributed by atoms with Crippen LogP contribution in [0.1, 0.15) is 30.6 Å². The summed E-state index contributed by atoms with van der Waals surface area (Å²) in [6, 6.07) is 16.7.